The second-order valence-electron chi connectivity index (χ2n) is 1.86. The fourth-order valence-corrected chi connectivity index (χ4v) is 1.81. The van der Waals surface area contributed by atoms with Crippen molar-refractivity contribution in [2.75, 3.05) is 20.8 Å². The van der Waals surface area contributed by atoms with Crippen LogP contribution in [0, 0.1) is 0 Å². The zero-order valence-electron chi connectivity index (χ0n) is 5.46. The molecule has 1 unspecified atom stereocenters. The summed E-state index contributed by atoms with van der Waals surface area (Å²) in [5.41, 5.74) is 0. The fraction of sp³-hybridized carbons (Fsp3) is 1.00. The van der Waals surface area contributed by atoms with Crippen molar-refractivity contribution < 1.29 is 18.7 Å². The van der Waals surface area contributed by atoms with Crippen LogP contribution in [-0.4, -0.2) is 31.6 Å². The average molecular weight is 154 g/mol. The Morgan fingerprint density at radius 1 is 1.56 bits per heavy atom. The predicted octanol–water partition coefficient (Wildman–Crippen LogP) is 0.123. The molecule has 1 atom stereocenters. The van der Waals surface area contributed by atoms with Crippen molar-refractivity contribution in [2.45, 2.75) is 5.85 Å². The van der Waals surface area contributed by atoms with Crippen molar-refractivity contribution >= 4 is 7.94 Å². The van der Waals surface area contributed by atoms with Gasteiger partial charge in [0.15, 0.2) is 0 Å². The predicted molar refractivity (Wildman–Crippen MR) is 34.3 cm³/mol. The quantitative estimate of drug-likeness (QED) is 0.463. The molecule has 1 saturated heterocycles. The Bertz CT molecular complexity index is 98.7. The second-order valence-corrected chi connectivity index (χ2v) is 4.58. The summed E-state index contributed by atoms with van der Waals surface area (Å²) in [4.78, 5) is 9.34. The summed E-state index contributed by atoms with van der Waals surface area (Å²) in [6.45, 7) is 0.560. The molecule has 1 aliphatic heterocycles. The average Bonchev–Trinajstić information content (AvgIpc) is 2.68. The van der Waals surface area contributed by atoms with Gasteiger partial charge in [0.25, 0.3) is 0 Å². The van der Waals surface area contributed by atoms with Gasteiger partial charge in [0.2, 0.25) is 0 Å². The van der Waals surface area contributed by atoms with E-state index in [0.717, 1.165) is 0 Å². The van der Waals surface area contributed by atoms with Crippen LogP contribution in [0.4, 0.5) is 0 Å². The Morgan fingerprint density at radius 3 is 2.11 bits per heavy atom. The van der Waals surface area contributed by atoms with Crippen LogP contribution >= 0.6 is 7.94 Å². The minimum atomic E-state index is -2.89. The number of hydrogen-bond acceptors (Lipinski definition) is 4. The number of epoxide rings is 1. The van der Waals surface area contributed by atoms with Crippen LogP contribution in [-0.2, 0) is 13.8 Å². The van der Waals surface area contributed by atoms with E-state index in [4.69, 9.17) is 13.8 Å². The Hall–Kier alpha value is 0.270. The molecule has 9 heavy (non-hydrogen) atoms. The van der Waals surface area contributed by atoms with Crippen molar-refractivity contribution in [1.82, 2.24) is 0 Å². The first-order valence-electron chi connectivity index (χ1n) is 2.67. The Labute approximate surface area is 54.3 Å². The molecule has 1 rings (SSSR count). The summed E-state index contributed by atoms with van der Waals surface area (Å²) < 4.78 is 14.3. The SMILES string of the molecule is CO[PH](O)(OC)C1CO1. The molecule has 1 fully saturated rings. The van der Waals surface area contributed by atoms with E-state index in [-0.39, 0.29) is 5.85 Å². The molecular weight excluding hydrogens is 143 g/mol. The number of ether oxygens (including phenoxy) is 1. The minimum absolute atomic E-state index is 0.174. The van der Waals surface area contributed by atoms with Crippen LogP contribution in [0.5, 0.6) is 0 Å². The summed E-state index contributed by atoms with van der Waals surface area (Å²) in [6.07, 6.45) is 0. The van der Waals surface area contributed by atoms with Crippen molar-refractivity contribution in [3.63, 3.8) is 0 Å². The van der Waals surface area contributed by atoms with Gasteiger partial charge in [-0.25, -0.2) is 0 Å². The Morgan fingerprint density at radius 2 is 2.00 bits per heavy atom. The van der Waals surface area contributed by atoms with Crippen molar-refractivity contribution in [3.8, 4) is 0 Å². The molecule has 1 N–H and O–H groups in total. The van der Waals surface area contributed by atoms with Crippen molar-refractivity contribution in [2.24, 2.45) is 0 Å². The van der Waals surface area contributed by atoms with E-state index in [1.54, 1.807) is 0 Å². The van der Waals surface area contributed by atoms with Crippen molar-refractivity contribution in [1.29, 1.82) is 0 Å². The summed E-state index contributed by atoms with van der Waals surface area (Å²) in [5, 5.41) is 0. The normalized spacial score (nSPS) is 28.1. The zero-order chi connectivity index (χ0) is 6.91. The van der Waals surface area contributed by atoms with E-state index in [2.05, 4.69) is 0 Å². The van der Waals surface area contributed by atoms with Gasteiger partial charge in [-0.05, 0) is 0 Å². The first-order chi connectivity index (χ1) is 4.23. The maximum atomic E-state index is 9.34. The molecule has 0 aromatic carbocycles. The van der Waals surface area contributed by atoms with E-state index >= 15 is 0 Å². The second kappa shape index (κ2) is 2.48. The molecule has 4 nitrogen and oxygen atoms in total. The summed E-state index contributed by atoms with van der Waals surface area (Å²) >= 11 is 0. The molecule has 56 valence electrons. The number of rotatable bonds is 3. The Balaban J connectivity index is 2.43. The molecule has 0 spiro atoms. The first kappa shape index (κ1) is 7.38. The van der Waals surface area contributed by atoms with Gasteiger partial charge in [-0.15, -0.1) is 0 Å². The number of hydrogen-bond donors (Lipinski definition) is 1. The molecule has 1 aliphatic rings. The fourth-order valence-electron chi connectivity index (χ4n) is 0.605. The summed E-state index contributed by atoms with van der Waals surface area (Å²) in [7, 11) is -0.0298. The molecule has 0 bridgehead atoms. The third-order valence-electron chi connectivity index (χ3n) is 1.33. The van der Waals surface area contributed by atoms with Crippen LogP contribution in [0.1, 0.15) is 0 Å². The zero-order valence-corrected chi connectivity index (χ0v) is 6.46. The Kier molecular flexibility index (Phi) is 2.03. The van der Waals surface area contributed by atoms with E-state index in [1.807, 2.05) is 0 Å². The molecule has 5 heteroatoms. The van der Waals surface area contributed by atoms with Gasteiger partial charge in [-0.2, -0.15) is 0 Å². The summed E-state index contributed by atoms with van der Waals surface area (Å²) in [6, 6.07) is 0. The standard InChI is InChI=1S/C4H11O4P/c1-6-9(5,7-2)4-3-8-4/h4-5,9H,3H2,1-2H3. The van der Waals surface area contributed by atoms with E-state index in [1.165, 1.54) is 14.2 Å². The van der Waals surface area contributed by atoms with Crippen LogP contribution in [0.3, 0.4) is 0 Å². The maximum absolute atomic E-state index is 9.34. The van der Waals surface area contributed by atoms with Gasteiger partial charge in [-0.1, -0.05) is 0 Å². The van der Waals surface area contributed by atoms with Crippen LogP contribution in [0.25, 0.3) is 0 Å². The van der Waals surface area contributed by atoms with Crippen LogP contribution in [0.2, 0.25) is 0 Å². The van der Waals surface area contributed by atoms with E-state index in [9.17, 15) is 4.89 Å². The van der Waals surface area contributed by atoms with E-state index < -0.39 is 7.94 Å². The molecule has 0 aromatic rings. The topological polar surface area (TPSA) is 51.2 Å². The van der Waals surface area contributed by atoms with Crippen LogP contribution in [0.15, 0.2) is 0 Å². The third kappa shape index (κ3) is 1.39. The summed E-state index contributed by atoms with van der Waals surface area (Å²) in [5.74, 6) is -0.174. The molecule has 1 heterocycles. The van der Waals surface area contributed by atoms with E-state index in [0.29, 0.717) is 6.61 Å². The van der Waals surface area contributed by atoms with Gasteiger partial charge >= 0.3 is 53.3 Å². The van der Waals surface area contributed by atoms with Gasteiger partial charge in [0.1, 0.15) is 0 Å². The molecule has 0 radical (unpaired) electrons. The third-order valence-corrected chi connectivity index (χ3v) is 3.64. The molecular formula is C4H11O4P. The molecule has 0 amide bonds. The molecule has 0 aliphatic carbocycles. The van der Waals surface area contributed by atoms with Gasteiger partial charge in [0, 0.05) is 0 Å². The van der Waals surface area contributed by atoms with Gasteiger partial charge < -0.3 is 0 Å². The molecule has 0 aromatic heterocycles. The van der Waals surface area contributed by atoms with Gasteiger partial charge in [0.05, 0.1) is 0 Å². The van der Waals surface area contributed by atoms with Gasteiger partial charge in [-0.3, -0.25) is 0 Å². The monoisotopic (exact) mass is 154 g/mol. The van der Waals surface area contributed by atoms with Crippen molar-refractivity contribution in [3.05, 3.63) is 0 Å². The first-order valence-corrected chi connectivity index (χ1v) is 4.51. The van der Waals surface area contributed by atoms with Crippen LogP contribution < -0.4 is 0 Å². The molecule has 0 saturated carbocycles.